The molecule has 2 amide bonds. The number of hydrogen-bond donors (Lipinski definition) is 2. The van der Waals surface area contributed by atoms with E-state index >= 15 is 0 Å². The van der Waals surface area contributed by atoms with Crippen molar-refractivity contribution in [2.45, 2.75) is 13.0 Å². The van der Waals surface area contributed by atoms with Gasteiger partial charge in [-0.3, -0.25) is 9.59 Å². The van der Waals surface area contributed by atoms with Crippen LogP contribution in [0.2, 0.25) is 0 Å². The first kappa shape index (κ1) is 18.1. The van der Waals surface area contributed by atoms with Gasteiger partial charge in [-0.05, 0) is 24.6 Å². The Morgan fingerprint density at radius 2 is 1.77 bits per heavy atom. The van der Waals surface area contributed by atoms with Gasteiger partial charge < -0.3 is 15.4 Å². The molecule has 0 bridgehead atoms. The molecule has 3 rings (SSSR count). The third-order valence-corrected chi connectivity index (χ3v) is 4.72. The largest absolute Gasteiger partial charge is 0.487 e. The minimum absolute atomic E-state index is 0.145. The zero-order valence-electron chi connectivity index (χ0n) is 14.4. The Morgan fingerprint density at radius 1 is 1.04 bits per heavy atom. The number of hydrogen-bond acceptors (Lipinski definition) is 4. The molecule has 1 atom stereocenters. The van der Waals surface area contributed by atoms with E-state index in [0.29, 0.717) is 17.9 Å². The predicted molar refractivity (Wildman–Crippen MR) is 104 cm³/mol. The van der Waals surface area contributed by atoms with Crippen molar-refractivity contribution in [2.24, 2.45) is 0 Å². The number of carbonyl (C=O) groups excluding carboxylic acids is 2. The van der Waals surface area contributed by atoms with E-state index < -0.39 is 0 Å². The second-order valence-corrected chi connectivity index (χ2v) is 6.78. The molecule has 1 heterocycles. The number of carbonyl (C=O) groups is 2. The highest BCUT2D eigenvalue weighted by Gasteiger charge is 2.19. The van der Waals surface area contributed by atoms with Gasteiger partial charge in [-0.15, -0.1) is 11.8 Å². The molecule has 134 valence electrons. The molecule has 26 heavy (non-hydrogen) atoms. The van der Waals surface area contributed by atoms with Crippen LogP contribution in [0.25, 0.3) is 0 Å². The zero-order chi connectivity index (χ0) is 18.4. The van der Waals surface area contributed by atoms with E-state index in [2.05, 4.69) is 10.6 Å². The molecule has 0 saturated carbocycles. The molecule has 2 N–H and O–H groups in total. The molecule has 0 aromatic heterocycles. The Balaban J connectivity index is 1.73. The second-order valence-electron chi connectivity index (χ2n) is 5.81. The smallest absolute Gasteiger partial charge is 0.291 e. The van der Waals surface area contributed by atoms with Gasteiger partial charge in [0.2, 0.25) is 0 Å². The van der Waals surface area contributed by atoms with E-state index in [9.17, 15) is 9.59 Å². The highest BCUT2D eigenvalue weighted by atomic mass is 32.2. The molecule has 0 saturated heterocycles. The average molecular weight is 368 g/mol. The molecule has 6 heteroatoms. The van der Waals surface area contributed by atoms with Crippen LogP contribution in [0, 0.1) is 0 Å². The lowest BCUT2D eigenvalue weighted by Crippen LogP contribution is -2.28. The van der Waals surface area contributed by atoms with Crippen molar-refractivity contribution < 1.29 is 14.3 Å². The lowest BCUT2D eigenvalue weighted by molar-refractivity contribution is -0.116. The van der Waals surface area contributed by atoms with Crippen molar-refractivity contribution in [1.29, 1.82) is 0 Å². The Labute approximate surface area is 156 Å². The fourth-order valence-corrected chi connectivity index (χ4v) is 3.18. The molecule has 0 radical (unpaired) electrons. The SMILES string of the molecule is CC(NC(=O)c1ccccc1NC(=O)C1=CSCCO1)c1ccccc1. The molecule has 2 aromatic rings. The topological polar surface area (TPSA) is 67.4 Å². The molecule has 1 aliphatic heterocycles. The zero-order valence-corrected chi connectivity index (χ0v) is 15.2. The first-order valence-electron chi connectivity index (χ1n) is 8.36. The highest BCUT2D eigenvalue weighted by molar-refractivity contribution is 8.02. The summed E-state index contributed by atoms with van der Waals surface area (Å²) in [6.07, 6.45) is 0. The van der Waals surface area contributed by atoms with Gasteiger partial charge in [-0.2, -0.15) is 0 Å². The van der Waals surface area contributed by atoms with Gasteiger partial charge in [-0.25, -0.2) is 0 Å². The summed E-state index contributed by atoms with van der Waals surface area (Å²) in [4.78, 5) is 25.0. The van der Waals surface area contributed by atoms with Crippen LogP contribution >= 0.6 is 11.8 Å². The quantitative estimate of drug-likeness (QED) is 0.844. The van der Waals surface area contributed by atoms with E-state index in [0.717, 1.165) is 11.3 Å². The Hall–Kier alpha value is -2.73. The Bertz CT molecular complexity index is 821. The molecule has 2 aromatic carbocycles. The Morgan fingerprint density at radius 3 is 2.50 bits per heavy atom. The van der Waals surface area contributed by atoms with Gasteiger partial charge >= 0.3 is 0 Å². The maximum atomic E-state index is 12.7. The van der Waals surface area contributed by atoms with E-state index in [1.54, 1.807) is 29.7 Å². The molecule has 0 fully saturated rings. The van der Waals surface area contributed by atoms with E-state index in [1.165, 1.54) is 11.8 Å². The average Bonchev–Trinajstić information content (AvgIpc) is 2.69. The van der Waals surface area contributed by atoms with Crippen molar-refractivity contribution in [2.75, 3.05) is 17.7 Å². The lowest BCUT2D eigenvalue weighted by atomic mass is 10.1. The number of benzene rings is 2. The van der Waals surface area contributed by atoms with Crippen LogP contribution in [0.1, 0.15) is 28.9 Å². The Kier molecular flexibility index (Phi) is 5.96. The number of thioether (sulfide) groups is 1. The van der Waals surface area contributed by atoms with Crippen LogP contribution in [-0.2, 0) is 9.53 Å². The van der Waals surface area contributed by atoms with Gasteiger partial charge in [0.25, 0.3) is 11.8 Å². The van der Waals surface area contributed by atoms with Crippen molar-refractivity contribution in [3.63, 3.8) is 0 Å². The summed E-state index contributed by atoms with van der Waals surface area (Å²) in [5, 5.41) is 7.43. The lowest BCUT2D eigenvalue weighted by Gasteiger charge is -2.17. The molecule has 1 aliphatic rings. The van der Waals surface area contributed by atoms with E-state index in [4.69, 9.17) is 4.74 Å². The maximum Gasteiger partial charge on any atom is 0.291 e. The van der Waals surface area contributed by atoms with Gasteiger partial charge in [0.15, 0.2) is 5.76 Å². The monoisotopic (exact) mass is 368 g/mol. The normalized spacial score (nSPS) is 14.6. The minimum atomic E-state index is -0.353. The highest BCUT2D eigenvalue weighted by Crippen LogP contribution is 2.21. The van der Waals surface area contributed by atoms with Crippen molar-refractivity contribution in [3.05, 3.63) is 76.9 Å². The molecular weight excluding hydrogens is 348 g/mol. The van der Waals surface area contributed by atoms with Gasteiger partial charge in [0.1, 0.15) is 0 Å². The van der Waals surface area contributed by atoms with Crippen LogP contribution in [0.15, 0.2) is 65.8 Å². The summed E-state index contributed by atoms with van der Waals surface area (Å²) < 4.78 is 5.36. The first-order chi connectivity index (χ1) is 12.6. The number of rotatable bonds is 5. The third kappa shape index (κ3) is 4.46. The fraction of sp³-hybridized carbons (Fsp3) is 0.200. The van der Waals surface area contributed by atoms with Crippen LogP contribution in [0.3, 0.4) is 0 Å². The van der Waals surface area contributed by atoms with Crippen LogP contribution in [0.5, 0.6) is 0 Å². The number of ether oxygens (including phenoxy) is 1. The number of amides is 2. The number of para-hydroxylation sites is 1. The summed E-state index contributed by atoms with van der Waals surface area (Å²) in [5.74, 6) is 0.500. The van der Waals surface area contributed by atoms with Gasteiger partial charge in [-0.1, -0.05) is 42.5 Å². The van der Waals surface area contributed by atoms with Crippen LogP contribution < -0.4 is 10.6 Å². The molecule has 5 nitrogen and oxygen atoms in total. The second kappa shape index (κ2) is 8.58. The standard InChI is InChI=1S/C20H20N2O3S/c1-14(15-7-3-2-4-8-15)21-19(23)16-9-5-6-10-17(16)22-20(24)18-13-26-12-11-25-18/h2-10,13-14H,11-12H2,1H3,(H,21,23)(H,22,24). The third-order valence-electron chi connectivity index (χ3n) is 3.94. The summed E-state index contributed by atoms with van der Waals surface area (Å²) in [5.41, 5.74) is 1.88. The van der Waals surface area contributed by atoms with Crippen LogP contribution in [-0.4, -0.2) is 24.2 Å². The molecule has 1 unspecified atom stereocenters. The summed E-state index contributed by atoms with van der Waals surface area (Å²) in [6.45, 7) is 2.42. The van der Waals surface area contributed by atoms with Crippen molar-refractivity contribution in [3.8, 4) is 0 Å². The van der Waals surface area contributed by atoms with Gasteiger partial charge in [0.05, 0.1) is 23.9 Å². The fourth-order valence-electron chi connectivity index (χ4n) is 2.56. The molecule has 0 aliphatic carbocycles. The predicted octanol–water partition coefficient (Wildman–Crippen LogP) is 3.72. The van der Waals surface area contributed by atoms with Crippen LogP contribution in [0.4, 0.5) is 5.69 Å². The minimum Gasteiger partial charge on any atom is -0.487 e. The summed E-state index contributed by atoms with van der Waals surface area (Å²) in [6, 6.07) is 16.5. The molecule has 0 spiro atoms. The summed E-state index contributed by atoms with van der Waals surface area (Å²) >= 11 is 1.53. The van der Waals surface area contributed by atoms with Crippen molar-refractivity contribution in [1.82, 2.24) is 5.32 Å². The van der Waals surface area contributed by atoms with E-state index in [1.807, 2.05) is 37.3 Å². The number of nitrogens with one attached hydrogen (secondary N) is 2. The maximum absolute atomic E-state index is 12.7. The van der Waals surface area contributed by atoms with Gasteiger partial charge in [0, 0.05) is 11.2 Å². The first-order valence-corrected chi connectivity index (χ1v) is 9.41. The van der Waals surface area contributed by atoms with E-state index in [-0.39, 0.29) is 23.6 Å². The number of anilines is 1. The summed E-state index contributed by atoms with van der Waals surface area (Å²) in [7, 11) is 0. The van der Waals surface area contributed by atoms with Crippen molar-refractivity contribution >= 4 is 29.3 Å². The molecular formula is C20H20N2O3S.